The van der Waals surface area contributed by atoms with Gasteiger partial charge in [0.25, 0.3) is 0 Å². The molecule has 1 aromatic heterocycles. The molecule has 0 aliphatic rings. The highest BCUT2D eigenvalue weighted by Crippen LogP contribution is 2.24. The van der Waals surface area contributed by atoms with Crippen molar-refractivity contribution in [3.05, 3.63) is 41.7 Å². The molecule has 1 aromatic carbocycles. The maximum Gasteiger partial charge on any atom is 0.422 e. The van der Waals surface area contributed by atoms with Gasteiger partial charge in [-0.25, -0.2) is 9.48 Å². The van der Waals surface area contributed by atoms with E-state index in [0.29, 0.717) is 11.3 Å². The van der Waals surface area contributed by atoms with Gasteiger partial charge in [0.2, 0.25) is 0 Å². The number of alkyl halides is 3. The number of carbonyl (C=O) groups is 1. The van der Waals surface area contributed by atoms with Crippen LogP contribution in [0.5, 0.6) is 5.75 Å². The standard InChI is InChI=1S/C16H19F3N4O3.ClH/c1-15(2,14(24)25-3)23-8-12(21-22-23)13(20)10-4-6-11(7-5-10)26-9-16(17,18)19;/h4-8,13H,9,20H2,1-3H3;1H/t13-;/m0./s1. The number of esters is 1. The lowest BCUT2D eigenvalue weighted by atomic mass is 10.0. The Balaban J connectivity index is 0.00000364. The molecule has 7 nitrogen and oxygen atoms in total. The molecule has 11 heteroatoms. The van der Waals surface area contributed by atoms with Crippen molar-refractivity contribution in [2.75, 3.05) is 13.7 Å². The molecule has 0 spiro atoms. The zero-order chi connectivity index (χ0) is 19.5. The van der Waals surface area contributed by atoms with Gasteiger partial charge >= 0.3 is 12.1 Å². The molecule has 2 rings (SSSR count). The van der Waals surface area contributed by atoms with Gasteiger partial charge in [0.15, 0.2) is 12.1 Å². The second-order valence-electron chi connectivity index (χ2n) is 6.09. The van der Waals surface area contributed by atoms with Crippen molar-refractivity contribution in [2.45, 2.75) is 31.6 Å². The van der Waals surface area contributed by atoms with Gasteiger partial charge in [-0.05, 0) is 31.5 Å². The number of hydrogen-bond donors (Lipinski definition) is 1. The summed E-state index contributed by atoms with van der Waals surface area (Å²) in [6.45, 7) is 1.88. The van der Waals surface area contributed by atoms with Crippen molar-refractivity contribution in [1.29, 1.82) is 0 Å². The molecular formula is C16H20ClF3N4O3. The molecule has 0 aliphatic heterocycles. The highest BCUT2D eigenvalue weighted by molar-refractivity contribution is 5.85. The van der Waals surface area contributed by atoms with Crippen LogP contribution in [0.2, 0.25) is 0 Å². The molecule has 1 heterocycles. The SMILES string of the molecule is COC(=O)C(C)(C)n1cc([C@@H](N)c2ccc(OCC(F)(F)F)cc2)nn1.Cl. The Morgan fingerprint density at radius 1 is 1.26 bits per heavy atom. The second-order valence-corrected chi connectivity index (χ2v) is 6.09. The quantitative estimate of drug-likeness (QED) is 0.738. The Labute approximate surface area is 160 Å². The van der Waals surface area contributed by atoms with E-state index in [1.807, 2.05) is 0 Å². The van der Waals surface area contributed by atoms with Gasteiger partial charge < -0.3 is 15.2 Å². The van der Waals surface area contributed by atoms with E-state index in [4.69, 9.17) is 10.5 Å². The summed E-state index contributed by atoms with van der Waals surface area (Å²) in [5.41, 5.74) is 6.06. The zero-order valence-electron chi connectivity index (χ0n) is 14.9. The number of aromatic nitrogens is 3. The summed E-state index contributed by atoms with van der Waals surface area (Å²) < 4.78 is 47.2. The van der Waals surface area contributed by atoms with Crippen LogP contribution in [0.3, 0.4) is 0 Å². The summed E-state index contributed by atoms with van der Waals surface area (Å²) in [7, 11) is 1.27. The minimum Gasteiger partial charge on any atom is -0.484 e. The summed E-state index contributed by atoms with van der Waals surface area (Å²) in [5.74, 6) is -0.414. The molecular weight excluding hydrogens is 389 g/mol. The van der Waals surface area contributed by atoms with Crippen molar-refractivity contribution >= 4 is 18.4 Å². The van der Waals surface area contributed by atoms with E-state index in [9.17, 15) is 18.0 Å². The number of nitrogens with two attached hydrogens (primary N) is 1. The molecule has 0 radical (unpaired) electrons. The monoisotopic (exact) mass is 408 g/mol. The van der Waals surface area contributed by atoms with Crippen LogP contribution in [0.4, 0.5) is 13.2 Å². The largest absolute Gasteiger partial charge is 0.484 e. The Kier molecular flexibility index (Phi) is 7.21. The van der Waals surface area contributed by atoms with Crippen LogP contribution >= 0.6 is 12.4 Å². The molecule has 1 atom stereocenters. The number of rotatable bonds is 6. The summed E-state index contributed by atoms with van der Waals surface area (Å²) in [6, 6.07) is 5.20. The maximum absolute atomic E-state index is 12.2. The van der Waals surface area contributed by atoms with Crippen LogP contribution < -0.4 is 10.5 Å². The average molecular weight is 409 g/mol. The van der Waals surface area contributed by atoms with E-state index in [0.717, 1.165) is 0 Å². The van der Waals surface area contributed by atoms with E-state index in [2.05, 4.69) is 15.0 Å². The fourth-order valence-electron chi connectivity index (χ4n) is 2.14. The highest BCUT2D eigenvalue weighted by Gasteiger charge is 2.33. The molecule has 0 saturated carbocycles. The summed E-state index contributed by atoms with van der Waals surface area (Å²) >= 11 is 0. The number of ether oxygens (including phenoxy) is 2. The predicted octanol–water partition coefficient (Wildman–Crippen LogP) is 2.60. The van der Waals surface area contributed by atoms with Crippen molar-refractivity contribution in [2.24, 2.45) is 5.73 Å². The van der Waals surface area contributed by atoms with Gasteiger partial charge in [0, 0.05) is 0 Å². The van der Waals surface area contributed by atoms with Crippen molar-refractivity contribution in [1.82, 2.24) is 15.0 Å². The molecule has 0 bridgehead atoms. The first kappa shape index (κ1) is 22.7. The molecule has 0 unspecified atom stereocenters. The Hall–Kier alpha value is -2.33. The van der Waals surface area contributed by atoms with Gasteiger partial charge in [-0.2, -0.15) is 13.2 Å². The summed E-state index contributed by atoms with van der Waals surface area (Å²) in [4.78, 5) is 11.8. The van der Waals surface area contributed by atoms with Gasteiger partial charge in [0.05, 0.1) is 19.3 Å². The number of halogens is 4. The fourth-order valence-corrected chi connectivity index (χ4v) is 2.14. The molecule has 27 heavy (non-hydrogen) atoms. The molecule has 0 saturated heterocycles. The first-order valence-corrected chi connectivity index (χ1v) is 7.61. The smallest absolute Gasteiger partial charge is 0.422 e. The molecule has 150 valence electrons. The summed E-state index contributed by atoms with van der Waals surface area (Å²) in [5, 5.41) is 7.88. The Morgan fingerprint density at radius 3 is 2.37 bits per heavy atom. The van der Waals surface area contributed by atoms with Gasteiger partial charge in [0.1, 0.15) is 11.4 Å². The Morgan fingerprint density at radius 2 is 1.85 bits per heavy atom. The maximum atomic E-state index is 12.2. The molecule has 0 amide bonds. The van der Waals surface area contributed by atoms with E-state index < -0.39 is 30.3 Å². The van der Waals surface area contributed by atoms with Crippen molar-refractivity contribution < 1.29 is 27.4 Å². The summed E-state index contributed by atoms with van der Waals surface area (Å²) in [6.07, 6.45) is -2.88. The zero-order valence-corrected chi connectivity index (χ0v) is 15.7. The first-order chi connectivity index (χ1) is 12.0. The molecule has 2 aromatic rings. The van der Waals surface area contributed by atoms with E-state index in [1.54, 1.807) is 26.0 Å². The van der Waals surface area contributed by atoms with E-state index in [1.165, 1.54) is 30.1 Å². The van der Waals surface area contributed by atoms with Crippen LogP contribution in [0.1, 0.15) is 31.1 Å². The lowest BCUT2D eigenvalue weighted by Gasteiger charge is -2.21. The lowest BCUT2D eigenvalue weighted by Crippen LogP contribution is -2.37. The van der Waals surface area contributed by atoms with Gasteiger partial charge in [-0.3, -0.25) is 0 Å². The number of benzene rings is 1. The van der Waals surface area contributed by atoms with Gasteiger partial charge in [-0.1, -0.05) is 17.3 Å². The van der Waals surface area contributed by atoms with E-state index >= 15 is 0 Å². The second kappa shape index (κ2) is 8.57. The van der Waals surface area contributed by atoms with Crippen LogP contribution in [-0.2, 0) is 15.1 Å². The normalized spacial score (nSPS) is 12.9. The minimum atomic E-state index is -4.40. The van der Waals surface area contributed by atoms with E-state index in [-0.39, 0.29) is 18.2 Å². The topological polar surface area (TPSA) is 92.3 Å². The van der Waals surface area contributed by atoms with Crippen LogP contribution in [0.15, 0.2) is 30.5 Å². The third kappa shape index (κ3) is 5.57. The third-order valence-electron chi connectivity index (χ3n) is 3.73. The highest BCUT2D eigenvalue weighted by atomic mass is 35.5. The van der Waals surface area contributed by atoms with Crippen molar-refractivity contribution in [3.63, 3.8) is 0 Å². The Bertz CT molecular complexity index is 763. The first-order valence-electron chi connectivity index (χ1n) is 7.61. The fraction of sp³-hybridized carbons (Fsp3) is 0.438. The van der Waals surface area contributed by atoms with Crippen LogP contribution in [-0.4, -0.2) is 40.9 Å². The average Bonchev–Trinajstić information content (AvgIpc) is 3.09. The molecule has 2 N–H and O–H groups in total. The van der Waals surface area contributed by atoms with Gasteiger partial charge in [-0.15, -0.1) is 17.5 Å². The lowest BCUT2D eigenvalue weighted by molar-refractivity contribution is -0.153. The minimum absolute atomic E-state index is 0. The number of carbonyl (C=O) groups excluding carboxylic acids is 1. The number of methoxy groups -OCH3 is 1. The molecule has 0 fully saturated rings. The number of hydrogen-bond acceptors (Lipinski definition) is 6. The van der Waals surface area contributed by atoms with Crippen molar-refractivity contribution in [3.8, 4) is 5.75 Å². The number of nitrogens with zero attached hydrogens (tertiary/aromatic N) is 3. The molecule has 0 aliphatic carbocycles. The third-order valence-corrected chi connectivity index (χ3v) is 3.73. The van der Waals surface area contributed by atoms with Crippen LogP contribution in [0.25, 0.3) is 0 Å². The van der Waals surface area contributed by atoms with Crippen LogP contribution in [0, 0.1) is 0 Å². The predicted molar refractivity (Wildman–Crippen MR) is 92.6 cm³/mol.